The smallest absolute Gasteiger partial charge is 0.306 e. The van der Waals surface area contributed by atoms with Gasteiger partial charge in [-0.25, -0.2) is 0 Å². The second-order valence-corrected chi connectivity index (χ2v) is 10.8. The first-order valence-corrected chi connectivity index (χ1v) is 16.3. The summed E-state index contributed by atoms with van der Waals surface area (Å²) in [6.45, 7) is 9.16. The van der Waals surface area contributed by atoms with Crippen LogP contribution >= 0.6 is 0 Å². The van der Waals surface area contributed by atoms with Gasteiger partial charge in [0.15, 0.2) is 0 Å². The molecule has 0 aliphatic rings. The molecule has 44 heavy (non-hydrogen) atoms. The van der Waals surface area contributed by atoms with E-state index in [1.54, 1.807) is 6.92 Å². The second kappa shape index (κ2) is 28.2. The maximum Gasteiger partial charge on any atom is 0.306 e. The van der Waals surface area contributed by atoms with Gasteiger partial charge in [0, 0.05) is 25.7 Å². The molecule has 0 saturated heterocycles. The average molecular weight is 635 g/mol. The molecule has 0 bridgehead atoms. The van der Waals surface area contributed by atoms with E-state index in [1.165, 1.54) is 0 Å². The molecule has 0 heterocycles. The van der Waals surface area contributed by atoms with Crippen LogP contribution in [0.2, 0.25) is 0 Å². The van der Waals surface area contributed by atoms with Gasteiger partial charge in [-0.05, 0) is 32.6 Å². The molecule has 0 spiro atoms. The fourth-order valence-corrected chi connectivity index (χ4v) is 3.72. The largest absolute Gasteiger partial charge is 0.460 e. The lowest BCUT2D eigenvalue weighted by Gasteiger charge is -2.23. The van der Waals surface area contributed by atoms with Gasteiger partial charge >= 0.3 is 23.9 Å². The summed E-state index contributed by atoms with van der Waals surface area (Å²) < 4.78 is 38.8. The highest BCUT2D eigenvalue weighted by Gasteiger charge is 2.21. The SMILES string of the molecule is CCCCC(=O)OC(C)COCC(COCC(COCC(CO)OC(=O)CCCC)OC(=O)CCCC)OC(=O)CCCC. The van der Waals surface area contributed by atoms with E-state index in [-0.39, 0.29) is 70.8 Å². The van der Waals surface area contributed by atoms with Gasteiger partial charge in [-0.3, -0.25) is 19.2 Å². The van der Waals surface area contributed by atoms with Crippen molar-refractivity contribution in [3.63, 3.8) is 0 Å². The Labute approximate surface area is 263 Å². The van der Waals surface area contributed by atoms with Gasteiger partial charge in [0.25, 0.3) is 0 Å². The highest BCUT2D eigenvalue weighted by atomic mass is 16.6. The van der Waals surface area contributed by atoms with Crippen LogP contribution in [0.1, 0.15) is 112 Å². The van der Waals surface area contributed by atoms with Crippen LogP contribution in [-0.2, 0) is 52.3 Å². The Hall–Kier alpha value is -2.28. The minimum absolute atomic E-state index is 0.0216. The van der Waals surface area contributed by atoms with Crippen LogP contribution in [0.15, 0.2) is 0 Å². The van der Waals surface area contributed by atoms with E-state index in [2.05, 4.69) is 0 Å². The zero-order valence-corrected chi connectivity index (χ0v) is 27.7. The highest BCUT2D eigenvalue weighted by molar-refractivity contribution is 5.70. The third kappa shape index (κ3) is 24.1. The maximum atomic E-state index is 12.3. The summed E-state index contributed by atoms with van der Waals surface area (Å²) in [5.74, 6) is -1.47. The fourth-order valence-electron chi connectivity index (χ4n) is 3.72. The van der Waals surface area contributed by atoms with E-state index in [0.29, 0.717) is 25.7 Å². The second-order valence-electron chi connectivity index (χ2n) is 10.8. The molecular weight excluding hydrogens is 576 g/mol. The molecule has 4 atom stereocenters. The van der Waals surface area contributed by atoms with Crippen LogP contribution in [0.25, 0.3) is 0 Å². The number of aliphatic hydroxyl groups excluding tert-OH is 1. The highest BCUT2D eigenvalue weighted by Crippen LogP contribution is 2.08. The molecule has 0 aromatic heterocycles. The molecule has 12 heteroatoms. The average Bonchev–Trinajstić information content (AvgIpc) is 2.99. The first kappa shape index (κ1) is 41.7. The van der Waals surface area contributed by atoms with Crippen molar-refractivity contribution in [2.75, 3.05) is 46.2 Å². The maximum absolute atomic E-state index is 12.3. The Kier molecular flexibility index (Phi) is 26.7. The quantitative estimate of drug-likeness (QED) is 0.0913. The summed E-state index contributed by atoms with van der Waals surface area (Å²) in [5, 5.41) is 9.57. The zero-order chi connectivity index (χ0) is 33.0. The van der Waals surface area contributed by atoms with Crippen LogP contribution in [-0.4, -0.2) is 99.6 Å². The zero-order valence-electron chi connectivity index (χ0n) is 27.7. The van der Waals surface area contributed by atoms with Crippen LogP contribution < -0.4 is 0 Å². The van der Waals surface area contributed by atoms with Crippen molar-refractivity contribution in [2.45, 2.75) is 136 Å². The van der Waals surface area contributed by atoms with Crippen molar-refractivity contribution in [1.29, 1.82) is 0 Å². The summed E-state index contributed by atoms with van der Waals surface area (Å²) in [5.41, 5.74) is 0. The normalized spacial score (nSPS) is 13.9. The molecule has 0 saturated carbocycles. The predicted molar refractivity (Wildman–Crippen MR) is 163 cm³/mol. The lowest BCUT2D eigenvalue weighted by Crippen LogP contribution is -2.35. The first-order chi connectivity index (χ1) is 21.2. The molecule has 0 aromatic carbocycles. The molecule has 258 valence electrons. The summed E-state index contributed by atoms with van der Waals surface area (Å²) in [7, 11) is 0. The third-order valence-corrected chi connectivity index (χ3v) is 6.24. The minimum Gasteiger partial charge on any atom is -0.460 e. The van der Waals surface area contributed by atoms with Crippen molar-refractivity contribution in [3.8, 4) is 0 Å². The van der Waals surface area contributed by atoms with E-state index >= 15 is 0 Å². The van der Waals surface area contributed by atoms with Crippen LogP contribution in [0.3, 0.4) is 0 Å². The number of hydrogen-bond donors (Lipinski definition) is 1. The molecule has 0 radical (unpaired) electrons. The van der Waals surface area contributed by atoms with Gasteiger partial charge in [0.2, 0.25) is 0 Å². The molecular formula is C32H58O12. The molecule has 0 amide bonds. The molecule has 0 aromatic rings. The fraction of sp³-hybridized carbons (Fsp3) is 0.875. The van der Waals surface area contributed by atoms with Gasteiger partial charge in [-0.15, -0.1) is 0 Å². The standard InChI is InChI=1S/C32H58O12/c1-6-10-14-29(34)41-25(5)19-38-21-27(43-31(36)16-12-8-3)23-40-24-28(44-32(37)17-13-9-4)22-39-20-26(18-33)42-30(35)15-11-7-2/h25-28,33H,6-24H2,1-5H3. The Morgan fingerprint density at radius 2 is 0.773 bits per heavy atom. The van der Waals surface area contributed by atoms with Gasteiger partial charge < -0.3 is 38.3 Å². The topological polar surface area (TPSA) is 153 Å². The molecule has 0 aliphatic heterocycles. The van der Waals surface area contributed by atoms with E-state index in [4.69, 9.17) is 33.2 Å². The molecule has 0 fully saturated rings. The van der Waals surface area contributed by atoms with E-state index in [9.17, 15) is 24.3 Å². The molecule has 1 N–H and O–H groups in total. The first-order valence-electron chi connectivity index (χ1n) is 16.3. The summed E-state index contributed by atoms with van der Waals surface area (Å²) in [6, 6.07) is 0. The van der Waals surface area contributed by atoms with Crippen molar-refractivity contribution in [2.24, 2.45) is 0 Å². The van der Waals surface area contributed by atoms with E-state index < -0.39 is 43.0 Å². The Morgan fingerprint density at radius 1 is 0.477 bits per heavy atom. The number of carbonyl (C=O) groups is 4. The molecule has 0 rings (SSSR count). The van der Waals surface area contributed by atoms with Gasteiger partial charge in [0.1, 0.15) is 24.4 Å². The van der Waals surface area contributed by atoms with Crippen LogP contribution in [0, 0.1) is 0 Å². The molecule has 0 aliphatic carbocycles. The molecule has 12 nitrogen and oxygen atoms in total. The van der Waals surface area contributed by atoms with Crippen molar-refractivity contribution < 1.29 is 57.4 Å². The number of aliphatic hydroxyl groups is 1. The van der Waals surface area contributed by atoms with E-state index in [1.807, 2.05) is 27.7 Å². The summed E-state index contributed by atoms with van der Waals surface area (Å²) in [6.07, 6.45) is 4.52. The Bertz CT molecular complexity index is 760. The Balaban J connectivity index is 5.05. The summed E-state index contributed by atoms with van der Waals surface area (Å²) >= 11 is 0. The van der Waals surface area contributed by atoms with Crippen molar-refractivity contribution in [3.05, 3.63) is 0 Å². The Morgan fingerprint density at radius 3 is 1.11 bits per heavy atom. The van der Waals surface area contributed by atoms with Crippen LogP contribution in [0.5, 0.6) is 0 Å². The van der Waals surface area contributed by atoms with Crippen LogP contribution in [0.4, 0.5) is 0 Å². The van der Waals surface area contributed by atoms with Gasteiger partial charge in [0.05, 0.1) is 46.2 Å². The number of esters is 4. The monoisotopic (exact) mass is 634 g/mol. The van der Waals surface area contributed by atoms with Crippen molar-refractivity contribution >= 4 is 23.9 Å². The summed E-state index contributed by atoms with van der Waals surface area (Å²) in [4.78, 5) is 48.4. The molecule has 4 unspecified atom stereocenters. The van der Waals surface area contributed by atoms with E-state index in [0.717, 1.165) is 32.1 Å². The lowest BCUT2D eigenvalue weighted by molar-refractivity contribution is -0.164. The number of rotatable bonds is 29. The number of hydrogen-bond acceptors (Lipinski definition) is 12. The third-order valence-electron chi connectivity index (χ3n) is 6.24. The van der Waals surface area contributed by atoms with Gasteiger partial charge in [-0.2, -0.15) is 0 Å². The minimum atomic E-state index is -0.839. The predicted octanol–water partition coefficient (Wildman–Crippen LogP) is 4.46. The number of unbranched alkanes of at least 4 members (excludes halogenated alkanes) is 4. The lowest BCUT2D eigenvalue weighted by atomic mass is 10.2. The van der Waals surface area contributed by atoms with Gasteiger partial charge in [-0.1, -0.05) is 53.4 Å². The number of ether oxygens (including phenoxy) is 7. The van der Waals surface area contributed by atoms with Crippen molar-refractivity contribution in [1.82, 2.24) is 0 Å². The number of carbonyl (C=O) groups excluding carboxylic acids is 4.